The zero-order valence-corrected chi connectivity index (χ0v) is 15.9. The summed E-state index contributed by atoms with van der Waals surface area (Å²) in [6, 6.07) is 0. The van der Waals surface area contributed by atoms with E-state index in [1.807, 2.05) is 13.8 Å². The van der Waals surface area contributed by atoms with Crippen LogP contribution in [0.5, 0.6) is 0 Å². The molecule has 0 saturated heterocycles. The first-order valence-electron chi connectivity index (χ1n) is 8.46. The lowest BCUT2D eigenvalue weighted by atomic mass is 9.86. The van der Waals surface area contributed by atoms with Gasteiger partial charge in [-0.05, 0) is 33.1 Å². The minimum atomic E-state index is -1.65. The minimum Gasteiger partial charge on any atom is -0.371 e. The summed E-state index contributed by atoms with van der Waals surface area (Å²) in [6.07, 6.45) is 16.3. The van der Waals surface area contributed by atoms with E-state index >= 15 is 0 Å². The molecule has 22 heavy (non-hydrogen) atoms. The van der Waals surface area contributed by atoms with Gasteiger partial charge in [-0.3, -0.25) is 0 Å². The van der Waals surface area contributed by atoms with E-state index in [0.717, 1.165) is 19.3 Å². The van der Waals surface area contributed by atoms with Crippen LogP contribution in [-0.2, 0) is 13.3 Å². The molecule has 0 rings (SSSR count). The number of rotatable bonds is 13. The van der Waals surface area contributed by atoms with Crippen molar-refractivity contribution >= 4 is 9.53 Å². The quantitative estimate of drug-likeness (QED) is 0.354. The molecule has 0 atom stereocenters. The van der Waals surface area contributed by atoms with E-state index in [1.54, 1.807) is 0 Å². The van der Waals surface area contributed by atoms with Gasteiger partial charge in [0, 0.05) is 18.6 Å². The Hall–Kier alpha value is -0.683. The van der Waals surface area contributed by atoms with E-state index < -0.39 is 9.53 Å². The number of allylic oxidation sites excluding steroid dienone is 3. The third kappa shape index (κ3) is 9.36. The van der Waals surface area contributed by atoms with Gasteiger partial charge in [0.25, 0.3) is 0 Å². The SMILES string of the molecule is CCC=CC(C=CCC)(C=CCC)CO[Si](OCC)OCC. The molecule has 0 heterocycles. The number of hydrogen-bond donors (Lipinski definition) is 0. The predicted octanol–water partition coefficient (Wildman–Crippen LogP) is 4.95. The average Bonchev–Trinajstić information content (AvgIpc) is 2.53. The largest absolute Gasteiger partial charge is 0.577 e. The van der Waals surface area contributed by atoms with Gasteiger partial charge < -0.3 is 13.3 Å². The maximum atomic E-state index is 5.98. The zero-order valence-electron chi connectivity index (χ0n) is 14.9. The summed E-state index contributed by atoms with van der Waals surface area (Å²) in [4.78, 5) is 0. The zero-order chi connectivity index (χ0) is 16.7. The van der Waals surface area contributed by atoms with Crippen LogP contribution in [0.4, 0.5) is 0 Å². The third-order valence-corrected chi connectivity index (χ3v) is 4.38. The molecule has 0 fully saturated rings. The highest BCUT2D eigenvalue weighted by Crippen LogP contribution is 2.26. The fourth-order valence-corrected chi connectivity index (χ4v) is 2.96. The van der Waals surface area contributed by atoms with E-state index in [-0.39, 0.29) is 5.41 Å². The first kappa shape index (κ1) is 21.3. The van der Waals surface area contributed by atoms with Gasteiger partial charge in [-0.15, -0.1) is 0 Å². The Bertz CT molecular complexity index is 295. The van der Waals surface area contributed by atoms with Gasteiger partial charge in [0.05, 0.1) is 6.61 Å². The van der Waals surface area contributed by atoms with E-state index in [9.17, 15) is 0 Å². The Morgan fingerprint density at radius 3 is 1.41 bits per heavy atom. The smallest absolute Gasteiger partial charge is 0.371 e. The molecule has 0 aliphatic rings. The van der Waals surface area contributed by atoms with Gasteiger partial charge in [0.1, 0.15) is 0 Å². The lowest BCUT2D eigenvalue weighted by Crippen LogP contribution is -2.32. The van der Waals surface area contributed by atoms with Gasteiger partial charge in [-0.25, -0.2) is 0 Å². The monoisotopic (exact) mass is 325 g/mol. The fraction of sp³-hybridized carbons (Fsp3) is 0.667. The second-order valence-corrected chi connectivity index (χ2v) is 6.31. The van der Waals surface area contributed by atoms with Crippen molar-refractivity contribution in [1.82, 2.24) is 0 Å². The highest BCUT2D eigenvalue weighted by Gasteiger charge is 2.26. The molecule has 4 heteroatoms. The Morgan fingerprint density at radius 1 is 0.682 bits per heavy atom. The van der Waals surface area contributed by atoms with Crippen LogP contribution in [0.15, 0.2) is 36.5 Å². The van der Waals surface area contributed by atoms with E-state index in [0.29, 0.717) is 19.8 Å². The third-order valence-electron chi connectivity index (χ3n) is 2.96. The molecule has 0 aliphatic heterocycles. The van der Waals surface area contributed by atoms with Gasteiger partial charge in [0.2, 0.25) is 0 Å². The second-order valence-electron chi connectivity index (χ2n) is 4.95. The molecule has 0 saturated carbocycles. The van der Waals surface area contributed by atoms with Crippen molar-refractivity contribution in [2.24, 2.45) is 5.41 Å². The molecule has 0 bridgehead atoms. The highest BCUT2D eigenvalue weighted by molar-refractivity contribution is 6.36. The Kier molecular flexibility index (Phi) is 13.5. The van der Waals surface area contributed by atoms with Crippen LogP contribution in [0, 0.1) is 5.41 Å². The normalized spacial score (nSPS) is 15.5. The van der Waals surface area contributed by atoms with Crippen molar-refractivity contribution in [3.05, 3.63) is 36.5 Å². The summed E-state index contributed by atoms with van der Waals surface area (Å²) in [5.74, 6) is 0. The van der Waals surface area contributed by atoms with Crippen molar-refractivity contribution in [2.45, 2.75) is 53.9 Å². The lowest BCUT2D eigenvalue weighted by Gasteiger charge is -2.25. The first-order chi connectivity index (χ1) is 10.7. The molecular weight excluding hydrogens is 292 g/mol. The Morgan fingerprint density at radius 2 is 1.09 bits per heavy atom. The van der Waals surface area contributed by atoms with Gasteiger partial charge in [-0.1, -0.05) is 57.2 Å². The topological polar surface area (TPSA) is 27.7 Å². The van der Waals surface area contributed by atoms with Crippen LogP contribution < -0.4 is 0 Å². The fourth-order valence-electron chi connectivity index (χ4n) is 1.87. The van der Waals surface area contributed by atoms with Crippen LogP contribution >= 0.6 is 0 Å². The highest BCUT2D eigenvalue weighted by atomic mass is 28.3. The second kappa shape index (κ2) is 13.9. The van der Waals surface area contributed by atoms with E-state index in [4.69, 9.17) is 13.3 Å². The summed E-state index contributed by atoms with van der Waals surface area (Å²) < 4.78 is 17.1. The van der Waals surface area contributed by atoms with Gasteiger partial charge in [0.15, 0.2) is 0 Å². The maximum Gasteiger partial charge on any atom is 0.577 e. The molecule has 1 radical (unpaired) electrons. The summed E-state index contributed by atoms with van der Waals surface area (Å²) >= 11 is 0. The first-order valence-corrected chi connectivity index (χ1v) is 9.68. The standard InChI is InChI=1S/C18H33O3Si/c1-6-11-14-18(15-12-7-2,16-13-8-3)17-21-22(19-9-4)20-10-5/h11-16H,6-10,17H2,1-5H3. The van der Waals surface area contributed by atoms with E-state index in [2.05, 4.69) is 57.2 Å². The summed E-state index contributed by atoms with van der Waals surface area (Å²) in [6.45, 7) is 12.1. The van der Waals surface area contributed by atoms with Crippen LogP contribution in [0.2, 0.25) is 0 Å². The van der Waals surface area contributed by atoms with Crippen LogP contribution in [0.1, 0.15) is 53.9 Å². The Balaban J connectivity index is 5.11. The number of hydrogen-bond acceptors (Lipinski definition) is 3. The molecule has 0 aromatic carbocycles. The minimum absolute atomic E-state index is 0.216. The van der Waals surface area contributed by atoms with E-state index in [1.165, 1.54) is 0 Å². The van der Waals surface area contributed by atoms with Crippen LogP contribution in [-0.4, -0.2) is 29.3 Å². The lowest BCUT2D eigenvalue weighted by molar-refractivity contribution is 0.0889. The van der Waals surface area contributed by atoms with Crippen molar-refractivity contribution in [3.8, 4) is 0 Å². The summed E-state index contributed by atoms with van der Waals surface area (Å²) in [5, 5.41) is 0. The summed E-state index contributed by atoms with van der Waals surface area (Å²) in [5.41, 5.74) is -0.216. The maximum absolute atomic E-state index is 5.98. The van der Waals surface area contributed by atoms with Crippen molar-refractivity contribution in [1.29, 1.82) is 0 Å². The summed E-state index contributed by atoms with van der Waals surface area (Å²) in [7, 11) is -1.65. The molecule has 3 nitrogen and oxygen atoms in total. The molecule has 0 aromatic rings. The molecule has 0 aromatic heterocycles. The van der Waals surface area contributed by atoms with Crippen molar-refractivity contribution in [3.63, 3.8) is 0 Å². The molecule has 0 amide bonds. The molecule has 0 unspecified atom stereocenters. The molecule has 127 valence electrons. The Labute approximate surface area is 139 Å². The van der Waals surface area contributed by atoms with Crippen LogP contribution in [0.25, 0.3) is 0 Å². The average molecular weight is 326 g/mol. The van der Waals surface area contributed by atoms with Gasteiger partial charge in [-0.2, -0.15) is 0 Å². The molecule has 0 aliphatic carbocycles. The molecular formula is C18H33O3Si. The van der Waals surface area contributed by atoms with Crippen LogP contribution in [0.3, 0.4) is 0 Å². The molecule has 0 spiro atoms. The van der Waals surface area contributed by atoms with Gasteiger partial charge >= 0.3 is 9.53 Å². The predicted molar refractivity (Wildman–Crippen MR) is 95.7 cm³/mol. The molecule has 0 N–H and O–H groups in total. The van der Waals surface area contributed by atoms with Crippen molar-refractivity contribution in [2.75, 3.05) is 19.8 Å². The van der Waals surface area contributed by atoms with Crippen molar-refractivity contribution < 1.29 is 13.3 Å².